The van der Waals surface area contributed by atoms with E-state index in [2.05, 4.69) is 15.3 Å². The first kappa shape index (κ1) is 41.4. The van der Waals surface area contributed by atoms with Gasteiger partial charge in [0, 0.05) is 55.5 Å². The highest BCUT2D eigenvalue weighted by molar-refractivity contribution is 5.87. The van der Waals surface area contributed by atoms with Crippen molar-refractivity contribution in [2.45, 2.75) is 108 Å². The second-order valence-corrected chi connectivity index (χ2v) is 16.5. The highest BCUT2D eigenvalue weighted by Gasteiger charge is 2.55. The van der Waals surface area contributed by atoms with Gasteiger partial charge in [-0.3, -0.25) is 14.5 Å². The van der Waals surface area contributed by atoms with E-state index in [4.69, 9.17) is 14.7 Å². The number of likely N-dealkylation sites (tertiary alicyclic amines) is 2. The quantitative estimate of drug-likeness (QED) is 0.125. The maximum Gasteiger partial charge on any atom is 0.407 e. The Balaban J connectivity index is 1.04. The standard InChI is InChI=1S/C43H52F2N8O6/c1-25(2)35(50-40(56)59-5)39(55)52-22-6-7-33(52)36-46-23-31(48-36)29-12-8-27(9-13-29)28-10-14-30(15-11-28)32-24-47-37(49-32)34-16-17-42(18-20-43(44,45)21-19-42)53(34)38(54)26(3)51(4)41(57)58/h8-15,23-26,33-35H,6-7,16-22H2,1-5H3,(H,46,48)(H,47,49)(H,50,56)(H,57,58)/t26-,33-,34?,35-/m0/s1. The zero-order valence-corrected chi connectivity index (χ0v) is 34.0. The van der Waals surface area contributed by atoms with E-state index in [-0.39, 0.29) is 43.6 Å². The van der Waals surface area contributed by atoms with Crippen molar-refractivity contribution in [2.75, 3.05) is 20.7 Å². The number of benzene rings is 2. The van der Waals surface area contributed by atoms with Gasteiger partial charge < -0.3 is 34.9 Å². The zero-order chi connectivity index (χ0) is 42.2. The van der Waals surface area contributed by atoms with Gasteiger partial charge in [-0.15, -0.1) is 0 Å². The molecular formula is C43H52F2N8O6. The lowest BCUT2D eigenvalue weighted by molar-refractivity contribution is -0.148. The molecule has 4 aromatic rings. The number of H-pyrrole nitrogens is 2. The molecule has 2 aliphatic heterocycles. The van der Waals surface area contributed by atoms with E-state index in [1.54, 1.807) is 16.0 Å². The number of carbonyl (C=O) groups is 4. The molecule has 16 heteroatoms. The number of halogens is 2. The number of nitrogens with one attached hydrogen (secondary N) is 3. The van der Waals surface area contributed by atoms with Gasteiger partial charge in [-0.25, -0.2) is 28.3 Å². The topological polar surface area (TPSA) is 177 Å². The second-order valence-electron chi connectivity index (χ2n) is 16.5. The number of nitrogens with zero attached hydrogens (tertiary/aromatic N) is 5. The summed E-state index contributed by atoms with van der Waals surface area (Å²) in [5.41, 5.74) is 4.36. The van der Waals surface area contributed by atoms with Crippen LogP contribution in [0.1, 0.15) is 95.9 Å². The molecule has 2 aromatic carbocycles. The van der Waals surface area contributed by atoms with Crippen LogP contribution in [0.25, 0.3) is 33.6 Å². The van der Waals surface area contributed by atoms with Gasteiger partial charge in [-0.1, -0.05) is 62.4 Å². The summed E-state index contributed by atoms with van der Waals surface area (Å²) in [4.78, 5) is 71.9. The molecule has 4 N–H and O–H groups in total. The number of alkyl carbamates (subject to hydrolysis) is 1. The summed E-state index contributed by atoms with van der Waals surface area (Å²) < 4.78 is 33.4. The van der Waals surface area contributed by atoms with E-state index in [9.17, 15) is 33.1 Å². The third-order valence-corrected chi connectivity index (χ3v) is 12.5. The summed E-state index contributed by atoms with van der Waals surface area (Å²) in [6.45, 7) is 5.86. The molecule has 14 nitrogen and oxygen atoms in total. The summed E-state index contributed by atoms with van der Waals surface area (Å²) in [6, 6.07) is 13.5. The van der Waals surface area contributed by atoms with Crippen LogP contribution in [-0.2, 0) is 14.3 Å². The minimum absolute atomic E-state index is 0.127. The Kier molecular flexibility index (Phi) is 11.5. The lowest BCUT2D eigenvalue weighted by atomic mass is 9.78. The Morgan fingerprint density at radius 3 is 1.85 bits per heavy atom. The number of alkyl halides is 2. The Morgan fingerprint density at radius 1 is 0.814 bits per heavy atom. The maximum atomic E-state index is 14.3. The van der Waals surface area contributed by atoms with Gasteiger partial charge in [0.25, 0.3) is 0 Å². The molecule has 1 aliphatic carbocycles. The first-order valence-corrected chi connectivity index (χ1v) is 20.2. The largest absolute Gasteiger partial charge is 0.465 e. The van der Waals surface area contributed by atoms with Crippen molar-refractivity contribution >= 4 is 24.0 Å². The Morgan fingerprint density at radius 2 is 1.34 bits per heavy atom. The number of imidazole rings is 2. The van der Waals surface area contributed by atoms with Crippen LogP contribution in [0.3, 0.4) is 0 Å². The van der Waals surface area contributed by atoms with Crippen molar-refractivity contribution in [1.82, 2.24) is 40.0 Å². The normalized spacial score (nSPS) is 20.7. The highest BCUT2D eigenvalue weighted by atomic mass is 19.3. The van der Waals surface area contributed by atoms with Gasteiger partial charge >= 0.3 is 12.2 Å². The summed E-state index contributed by atoms with van der Waals surface area (Å²) >= 11 is 0. The third-order valence-electron chi connectivity index (χ3n) is 12.5. The number of aromatic nitrogens is 4. The van der Waals surface area contributed by atoms with Crippen LogP contribution in [0.5, 0.6) is 0 Å². The molecule has 3 aliphatic rings. The average molecular weight is 815 g/mol. The third kappa shape index (κ3) is 8.26. The average Bonchev–Trinajstić information content (AvgIpc) is 4.07. The number of methoxy groups -OCH3 is 1. The van der Waals surface area contributed by atoms with Gasteiger partial charge in [0.1, 0.15) is 23.7 Å². The number of aromatic amines is 2. The Hall–Kier alpha value is -5.80. The fraction of sp³-hybridized carbons (Fsp3) is 0.488. The van der Waals surface area contributed by atoms with E-state index >= 15 is 0 Å². The SMILES string of the molecule is COC(=O)N[C@H](C(=O)N1CCC[C@H]1c1nc(-c2ccc(-c3ccc(-c4c[nH]c(C5CCC6(CCC(F)(F)CC6)N5C(=O)[C@H](C)N(C)C(=O)O)n4)cc3)cc2)c[nH]1)C(C)C. The number of hydrogen-bond donors (Lipinski definition) is 4. The second kappa shape index (κ2) is 16.5. The summed E-state index contributed by atoms with van der Waals surface area (Å²) in [5, 5.41) is 12.3. The van der Waals surface area contributed by atoms with E-state index in [1.165, 1.54) is 21.1 Å². The first-order chi connectivity index (χ1) is 28.1. The van der Waals surface area contributed by atoms with Crippen molar-refractivity contribution in [2.24, 2.45) is 5.92 Å². The van der Waals surface area contributed by atoms with Gasteiger partial charge in [0.2, 0.25) is 17.7 Å². The molecule has 4 heterocycles. The minimum Gasteiger partial charge on any atom is -0.465 e. The van der Waals surface area contributed by atoms with E-state index in [0.717, 1.165) is 45.7 Å². The number of hydrogen-bond acceptors (Lipinski definition) is 7. The van der Waals surface area contributed by atoms with Crippen molar-refractivity contribution in [3.05, 3.63) is 72.6 Å². The fourth-order valence-corrected chi connectivity index (χ4v) is 8.91. The van der Waals surface area contributed by atoms with Crippen LogP contribution in [0.4, 0.5) is 18.4 Å². The predicted molar refractivity (Wildman–Crippen MR) is 215 cm³/mol. The minimum atomic E-state index is -2.79. The van der Waals surface area contributed by atoms with Crippen molar-refractivity contribution in [3.8, 4) is 33.6 Å². The van der Waals surface area contributed by atoms with E-state index < -0.39 is 47.7 Å². The number of carboxylic acid groups (broad SMARTS) is 1. The van der Waals surface area contributed by atoms with Crippen LogP contribution >= 0.6 is 0 Å². The predicted octanol–water partition coefficient (Wildman–Crippen LogP) is 7.79. The number of carbonyl (C=O) groups excluding carboxylic acids is 3. The van der Waals surface area contributed by atoms with Crippen molar-refractivity contribution in [1.29, 1.82) is 0 Å². The Bertz CT molecular complexity index is 2160. The van der Waals surface area contributed by atoms with Gasteiger partial charge in [-0.05, 0) is 62.5 Å². The maximum absolute atomic E-state index is 14.3. The lowest BCUT2D eigenvalue weighted by Gasteiger charge is -2.46. The van der Waals surface area contributed by atoms with Gasteiger partial charge in [-0.2, -0.15) is 0 Å². The highest BCUT2D eigenvalue weighted by Crippen LogP contribution is 2.52. The molecule has 4 atom stereocenters. The fourth-order valence-electron chi connectivity index (χ4n) is 8.91. The molecular weight excluding hydrogens is 763 g/mol. The molecule has 314 valence electrons. The molecule has 0 radical (unpaired) electrons. The number of likely N-dealkylation sites (N-methyl/N-ethyl adjacent to an activating group) is 1. The van der Waals surface area contributed by atoms with E-state index in [1.807, 2.05) is 68.6 Å². The lowest BCUT2D eigenvalue weighted by Crippen LogP contribution is -2.57. The number of amides is 4. The van der Waals surface area contributed by atoms with Crippen LogP contribution in [-0.4, -0.2) is 108 Å². The molecule has 4 amide bonds. The molecule has 2 aromatic heterocycles. The van der Waals surface area contributed by atoms with Crippen molar-refractivity contribution in [3.63, 3.8) is 0 Å². The van der Waals surface area contributed by atoms with Crippen LogP contribution in [0.15, 0.2) is 60.9 Å². The number of ether oxygens (including phenoxy) is 1. The van der Waals surface area contributed by atoms with Crippen LogP contribution in [0.2, 0.25) is 0 Å². The smallest absolute Gasteiger partial charge is 0.407 e. The summed E-state index contributed by atoms with van der Waals surface area (Å²) in [5.74, 6) is -2.26. The molecule has 1 saturated carbocycles. The molecule has 1 unspecified atom stereocenters. The van der Waals surface area contributed by atoms with Gasteiger partial charge in [0.15, 0.2) is 0 Å². The summed E-state index contributed by atoms with van der Waals surface area (Å²) in [6.07, 6.45) is 4.00. The van der Waals surface area contributed by atoms with E-state index in [0.29, 0.717) is 36.7 Å². The van der Waals surface area contributed by atoms with Crippen molar-refractivity contribution < 1.29 is 37.8 Å². The van der Waals surface area contributed by atoms with Gasteiger partial charge in [0.05, 0.1) is 30.6 Å². The zero-order valence-electron chi connectivity index (χ0n) is 34.0. The first-order valence-electron chi connectivity index (χ1n) is 20.2. The monoisotopic (exact) mass is 814 g/mol. The molecule has 7 rings (SSSR count). The molecule has 2 saturated heterocycles. The van der Waals surface area contributed by atoms with Crippen LogP contribution < -0.4 is 5.32 Å². The molecule has 59 heavy (non-hydrogen) atoms. The Labute approximate surface area is 341 Å². The molecule has 0 bridgehead atoms. The van der Waals surface area contributed by atoms with Crippen LogP contribution in [0, 0.1) is 5.92 Å². The molecule has 3 fully saturated rings. The number of rotatable bonds is 10. The summed E-state index contributed by atoms with van der Waals surface area (Å²) in [7, 11) is 2.61. The molecule has 1 spiro atoms.